The van der Waals surface area contributed by atoms with Crippen molar-refractivity contribution in [3.63, 3.8) is 0 Å². The molecule has 0 amide bonds. The van der Waals surface area contributed by atoms with Gasteiger partial charge < -0.3 is 18.6 Å². The summed E-state index contributed by atoms with van der Waals surface area (Å²) in [5.41, 5.74) is 1.39. The van der Waals surface area contributed by atoms with Crippen LogP contribution in [0.1, 0.15) is 11.1 Å². The lowest BCUT2D eigenvalue weighted by molar-refractivity contribution is 0.394. The van der Waals surface area contributed by atoms with Crippen molar-refractivity contribution in [3.8, 4) is 17.2 Å². The van der Waals surface area contributed by atoms with Crippen molar-refractivity contribution in [1.29, 1.82) is 0 Å². The monoisotopic (exact) mass is 338 g/mol. The fourth-order valence-electron chi connectivity index (χ4n) is 2.46. The van der Waals surface area contributed by atoms with Gasteiger partial charge in [-0.1, -0.05) is 6.08 Å². The highest BCUT2D eigenvalue weighted by molar-refractivity contribution is 5.82. The van der Waals surface area contributed by atoms with Gasteiger partial charge in [0, 0.05) is 17.5 Å². The Kier molecular flexibility index (Phi) is 4.75. The number of ether oxygens (including phenoxy) is 3. The van der Waals surface area contributed by atoms with E-state index < -0.39 is 5.63 Å². The standard InChI is InChI=1S/C20H18O5/c1-22-16-7-6-14-10-15(20(21)25-19(14)12-16)5-4-13-8-17(23-2)11-18(9-13)24-3/h4-12H,1-3H3/b5-4+. The molecule has 0 aliphatic carbocycles. The second-order valence-corrected chi connectivity index (χ2v) is 5.37. The molecule has 5 heteroatoms. The Morgan fingerprint density at radius 3 is 2.12 bits per heavy atom. The van der Waals surface area contributed by atoms with Gasteiger partial charge in [-0.3, -0.25) is 0 Å². The average molecular weight is 338 g/mol. The lowest BCUT2D eigenvalue weighted by Crippen LogP contribution is -2.02. The first-order chi connectivity index (χ1) is 12.1. The summed E-state index contributed by atoms with van der Waals surface area (Å²) in [5, 5.41) is 0.822. The van der Waals surface area contributed by atoms with E-state index in [0.717, 1.165) is 10.9 Å². The Morgan fingerprint density at radius 2 is 1.48 bits per heavy atom. The summed E-state index contributed by atoms with van der Waals surface area (Å²) in [6, 6.07) is 12.6. The predicted molar refractivity (Wildman–Crippen MR) is 97.5 cm³/mol. The normalized spacial score (nSPS) is 11.0. The predicted octanol–water partition coefficient (Wildman–Crippen LogP) is 3.99. The first kappa shape index (κ1) is 16.6. The Bertz CT molecular complexity index is 963. The molecular weight excluding hydrogens is 320 g/mol. The van der Waals surface area contributed by atoms with Crippen molar-refractivity contribution in [3.05, 3.63) is 64.0 Å². The van der Waals surface area contributed by atoms with Crippen LogP contribution in [-0.2, 0) is 0 Å². The summed E-state index contributed by atoms with van der Waals surface area (Å²) < 4.78 is 21.0. The van der Waals surface area contributed by atoms with Gasteiger partial charge in [-0.25, -0.2) is 4.79 Å². The van der Waals surface area contributed by atoms with Crippen LogP contribution in [0.3, 0.4) is 0 Å². The van der Waals surface area contributed by atoms with Crippen LogP contribution in [0.4, 0.5) is 0 Å². The van der Waals surface area contributed by atoms with E-state index in [1.807, 2.05) is 30.3 Å². The van der Waals surface area contributed by atoms with E-state index in [1.54, 1.807) is 45.6 Å². The van der Waals surface area contributed by atoms with Crippen LogP contribution in [0.15, 0.2) is 51.7 Å². The number of fused-ring (bicyclic) bond motifs is 1. The highest BCUT2D eigenvalue weighted by atomic mass is 16.5. The van der Waals surface area contributed by atoms with E-state index in [9.17, 15) is 4.79 Å². The molecule has 25 heavy (non-hydrogen) atoms. The molecule has 0 radical (unpaired) electrons. The molecule has 128 valence electrons. The number of methoxy groups -OCH3 is 3. The molecule has 0 atom stereocenters. The second-order valence-electron chi connectivity index (χ2n) is 5.37. The zero-order valence-electron chi connectivity index (χ0n) is 14.2. The van der Waals surface area contributed by atoms with Gasteiger partial charge in [-0.2, -0.15) is 0 Å². The maximum Gasteiger partial charge on any atom is 0.343 e. The van der Waals surface area contributed by atoms with E-state index in [-0.39, 0.29) is 0 Å². The van der Waals surface area contributed by atoms with Crippen LogP contribution < -0.4 is 19.8 Å². The van der Waals surface area contributed by atoms with E-state index >= 15 is 0 Å². The minimum atomic E-state index is -0.410. The maximum atomic E-state index is 12.2. The molecule has 3 aromatic rings. The maximum absolute atomic E-state index is 12.2. The quantitative estimate of drug-likeness (QED) is 0.658. The molecule has 2 aromatic carbocycles. The van der Waals surface area contributed by atoms with Crippen LogP contribution in [0.25, 0.3) is 23.1 Å². The van der Waals surface area contributed by atoms with Gasteiger partial charge >= 0.3 is 5.63 Å². The highest BCUT2D eigenvalue weighted by Crippen LogP contribution is 2.24. The molecular formula is C20H18O5. The molecule has 1 aromatic heterocycles. The highest BCUT2D eigenvalue weighted by Gasteiger charge is 2.05. The van der Waals surface area contributed by atoms with E-state index in [4.69, 9.17) is 18.6 Å². The van der Waals surface area contributed by atoms with E-state index in [1.165, 1.54) is 0 Å². The zero-order chi connectivity index (χ0) is 17.8. The zero-order valence-corrected chi connectivity index (χ0v) is 14.2. The smallest absolute Gasteiger partial charge is 0.343 e. The van der Waals surface area contributed by atoms with Gasteiger partial charge in [0.2, 0.25) is 0 Å². The Labute approximate surface area is 145 Å². The third-order valence-electron chi connectivity index (χ3n) is 3.80. The van der Waals surface area contributed by atoms with Crippen molar-refractivity contribution < 1.29 is 18.6 Å². The lowest BCUT2D eigenvalue weighted by Gasteiger charge is -2.06. The fourth-order valence-corrected chi connectivity index (χ4v) is 2.46. The van der Waals surface area contributed by atoms with Crippen LogP contribution in [0.2, 0.25) is 0 Å². The van der Waals surface area contributed by atoms with Crippen molar-refractivity contribution in [2.24, 2.45) is 0 Å². The van der Waals surface area contributed by atoms with Crippen LogP contribution >= 0.6 is 0 Å². The molecule has 0 unspecified atom stereocenters. The molecule has 0 fully saturated rings. The third kappa shape index (κ3) is 3.66. The topological polar surface area (TPSA) is 57.9 Å². The summed E-state index contributed by atoms with van der Waals surface area (Å²) in [5.74, 6) is 2.00. The molecule has 0 N–H and O–H groups in total. The summed E-state index contributed by atoms with van der Waals surface area (Å²) in [6.07, 6.45) is 3.52. The first-order valence-electron chi connectivity index (χ1n) is 7.66. The fraction of sp³-hybridized carbons (Fsp3) is 0.150. The Morgan fingerprint density at radius 1 is 0.800 bits per heavy atom. The van der Waals surface area contributed by atoms with Gasteiger partial charge in [0.25, 0.3) is 0 Å². The average Bonchev–Trinajstić information content (AvgIpc) is 2.65. The summed E-state index contributed by atoms with van der Waals surface area (Å²) in [6.45, 7) is 0. The van der Waals surface area contributed by atoms with Crippen molar-refractivity contribution in [2.75, 3.05) is 21.3 Å². The van der Waals surface area contributed by atoms with Gasteiger partial charge in [0.1, 0.15) is 22.8 Å². The summed E-state index contributed by atoms with van der Waals surface area (Å²) in [7, 11) is 4.75. The number of benzene rings is 2. The van der Waals surface area contributed by atoms with Gasteiger partial charge in [-0.15, -0.1) is 0 Å². The first-order valence-corrected chi connectivity index (χ1v) is 7.66. The number of hydrogen-bond donors (Lipinski definition) is 0. The van der Waals surface area contributed by atoms with Crippen molar-refractivity contribution >= 4 is 23.1 Å². The molecule has 0 aliphatic heterocycles. The van der Waals surface area contributed by atoms with Crippen molar-refractivity contribution in [1.82, 2.24) is 0 Å². The van der Waals surface area contributed by atoms with Crippen LogP contribution in [-0.4, -0.2) is 21.3 Å². The Balaban J connectivity index is 1.98. The third-order valence-corrected chi connectivity index (χ3v) is 3.80. The van der Waals surface area contributed by atoms with Crippen LogP contribution in [0, 0.1) is 0 Å². The van der Waals surface area contributed by atoms with Gasteiger partial charge in [0.05, 0.1) is 26.9 Å². The lowest BCUT2D eigenvalue weighted by atomic mass is 10.1. The molecule has 0 saturated carbocycles. The summed E-state index contributed by atoms with van der Waals surface area (Å²) in [4.78, 5) is 12.2. The number of hydrogen-bond acceptors (Lipinski definition) is 5. The minimum Gasteiger partial charge on any atom is -0.497 e. The van der Waals surface area contributed by atoms with Gasteiger partial charge in [0.15, 0.2) is 0 Å². The van der Waals surface area contributed by atoms with E-state index in [2.05, 4.69) is 0 Å². The second kappa shape index (κ2) is 7.13. The molecule has 1 heterocycles. The molecule has 5 nitrogen and oxygen atoms in total. The molecule has 3 rings (SSSR count). The molecule has 0 bridgehead atoms. The van der Waals surface area contributed by atoms with Gasteiger partial charge in [-0.05, 0) is 42.0 Å². The van der Waals surface area contributed by atoms with E-state index in [0.29, 0.717) is 28.4 Å². The van der Waals surface area contributed by atoms with Crippen LogP contribution in [0.5, 0.6) is 17.2 Å². The summed E-state index contributed by atoms with van der Waals surface area (Å²) >= 11 is 0. The molecule has 0 saturated heterocycles. The minimum absolute atomic E-state index is 0.410. The SMILES string of the molecule is COc1cc(/C=C/c2cc3ccc(OC)cc3oc2=O)cc(OC)c1. The largest absolute Gasteiger partial charge is 0.497 e. The van der Waals surface area contributed by atoms with Crippen molar-refractivity contribution in [2.45, 2.75) is 0 Å². The number of rotatable bonds is 5. The Hall–Kier alpha value is -3.21. The molecule has 0 spiro atoms. The molecule has 0 aliphatic rings.